The van der Waals surface area contributed by atoms with Crippen molar-refractivity contribution in [3.8, 4) is 56.4 Å². The van der Waals surface area contributed by atoms with Gasteiger partial charge in [0.1, 0.15) is 23.0 Å². The number of hydrogen-bond donors (Lipinski definition) is 0. The first-order chi connectivity index (χ1) is 39.7. The minimum Gasteiger partial charge on any atom is -0.456 e. The summed E-state index contributed by atoms with van der Waals surface area (Å²) >= 11 is 0. The summed E-state index contributed by atoms with van der Waals surface area (Å²) in [7, 11) is 0. The number of para-hydroxylation sites is 4. The van der Waals surface area contributed by atoms with Gasteiger partial charge >= 0.3 is 0 Å². The molecule has 0 N–H and O–H groups in total. The second-order valence-electron chi connectivity index (χ2n) is 21.3. The lowest BCUT2D eigenvalue weighted by Gasteiger charge is -2.42. The predicted molar refractivity (Wildman–Crippen MR) is 330 cm³/mol. The van der Waals surface area contributed by atoms with Crippen LogP contribution in [0.3, 0.4) is 0 Å². The largest absolute Gasteiger partial charge is 0.456 e. The zero-order chi connectivity index (χ0) is 52.8. The standard InChI is InChI=1S/C78H50O2/c1-5-27-53(28-6-1)77(54-29-7-2-8-30-54)67-43-17-19-47-71(67)79-75-63(41-23-45-69(75)77)59-37-21-39-61-65(59)50-66-60(38-22-40-62(66)74(61)73-57-35-15-13-25-51(57)49-52-26-14-16-36-58(52)73)64-42-24-46-70-76(64)80-72-48-20-18-44-68(72)78(70,55-31-9-3-10-32-55)56-33-11-4-12-34-56/h1-50H. The summed E-state index contributed by atoms with van der Waals surface area (Å²) in [6, 6.07) is 111. The van der Waals surface area contributed by atoms with Gasteiger partial charge in [-0.3, -0.25) is 0 Å². The van der Waals surface area contributed by atoms with Gasteiger partial charge in [-0.15, -0.1) is 0 Å². The van der Waals surface area contributed by atoms with Crippen LogP contribution in [0.5, 0.6) is 23.0 Å². The van der Waals surface area contributed by atoms with Gasteiger partial charge in [-0.1, -0.05) is 279 Å². The molecule has 14 aromatic rings. The third kappa shape index (κ3) is 6.60. The van der Waals surface area contributed by atoms with Crippen LogP contribution in [0.25, 0.3) is 76.5 Å². The molecule has 2 heteroatoms. The van der Waals surface area contributed by atoms with Crippen LogP contribution in [0.1, 0.15) is 44.5 Å². The zero-order valence-corrected chi connectivity index (χ0v) is 43.7. The minimum absolute atomic E-state index is 0.681. The van der Waals surface area contributed by atoms with Crippen molar-refractivity contribution >= 4 is 43.1 Å². The molecule has 80 heavy (non-hydrogen) atoms. The molecular formula is C78H50O2. The molecule has 14 aromatic carbocycles. The van der Waals surface area contributed by atoms with E-state index in [9.17, 15) is 0 Å². The molecule has 0 radical (unpaired) electrons. The highest BCUT2D eigenvalue weighted by Gasteiger charge is 2.47. The summed E-state index contributed by atoms with van der Waals surface area (Å²) in [6.07, 6.45) is 0. The summed E-state index contributed by atoms with van der Waals surface area (Å²) < 4.78 is 14.8. The maximum Gasteiger partial charge on any atom is 0.140 e. The third-order valence-electron chi connectivity index (χ3n) is 17.3. The number of fused-ring (bicyclic) bond motifs is 8. The van der Waals surface area contributed by atoms with Gasteiger partial charge in [0.2, 0.25) is 0 Å². The van der Waals surface area contributed by atoms with Gasteiger partial charge in [-0.25, -0.2) is 0 Å². The normalized spacial score (nSPS) is 13.7. The molecule has 0 saturated heterocycles. The first-order valence-corrected chi connectivity index (χ1v) is 27.6. The number of rotatable bonds is 7. The molecule has 374 valence electrons. The molecule has 0 aliphatic carbocycles. The average Bonchev–Trinajstić information content (AvgIpc) is 3.07. The lowest BCUT2D eigenvalue weighted by molar-refractivity contribution is 0.436. The van der Waals surface area contributed by atoms with Crippen LogP contribution in [0, 0.1) is 0 Å². The van der Waals surface area contributed by atoms with Gasteiger partial charge in [0.15, 0.2) is 0 Å². The van der Waals surface area contributed by atoms with Gasteiger partial charge in [-0.2, -0.15) is 0 Å². The van der Waals surface area contributed by atoms with Crippen LogP contribution >= 0.6 is 0 Å². The minimum atomic E-state index is -0.681. The first-order valence-electron chi connectivity index (χ1n) is 27.6. The third-order valence-corrected chi connectivity index (χ3v) is 17.3. The maximum absolute atomic E-state index is 7.39. The molecule has 2 aliphatic heterocycles. The van der Waals surface area contributed by atoms with Crippen molar-refractivity contribution in [3.05, 3.63) is 348 Å². The second kappa shape index (κ2) is 18.2. The number of hydrogen-bond acceptors (Lipinski definition) is 2. The summed E-state index contributed by atoms with van der Waals surface area (Å²) in [4.78, 5) is 0. The summed E-state index contributed by atoms with van der Waals surface area (Å²) in [5.74, 6) is 3.38. The Morgan fingerprint density at radius 2 is 0.525 bits per heavy atom. The highest BCUT2D eigenvalue weighted by Crippen LogP contribution is 2.60. The Bertz CT molecular complexity index is 4380. The van der Waals surface area contributed by atoms with Crippen LogP contribution < -0.4 is 9.47 Å². The molecule has 16 rings (SSSR count). The Balaban J connectivity index is 1.03. The van der Waals surface area contributed by atoms with E-state index in [-0.39, 0.29) is 0 Å². The molecule has 0 aromatic heterocycles. The quantitative estimate of drug-likeness (QED) is 0.148. The zero-order valence-electron chi connectivity index (χ0n) is 43.7. The fourth-order valence-electron chi connectivity index (χ4n) is 14.1. The smallest absolute Gasteiger partial charge is 0.140 e. The van der Waals surface area contributed by atoms with Crippen molar-refractivity contribution in [2.45, 2.75) is 10.8 Å². The van der Waals surface area contributed by atoms with Crippen molar-refractivity contribution in [1.82, 2.24) is 0 Å². The van der Waals surface area contributed by atoms with Gasteiger partial charge in [0.25, 0.3) is 0 Å². The molecule has 0 saturated carbocycles. The van der Waals surface area contributed by atoms with Gasteiger partial charge in [0, 0.05) is 33.4 Å². The van der Waals surface area contributed by atoms with Crippen LogP contribution in [0.2, 0.25) is 0 Å². The van der Waals surface area contributed by atoms with Crippen LogP contribution in [-0.2, 0) is 10.8 Å². The van der Waals surface area contributed by atoms with E-state index >= 15 is 0 Å². The van der Waals surface area contributed by atoms with Crippen molar-refractivity contribution in [1.29, 1.82) is 0 Å². The lowest BCUT2D eigenvalue weighted by Crippen LogP contribution is -2.34. The lowest BCUT2D eigenvalue weighted by atomic mass is 9.63. The van der Waals surface area contributed by atoms with E-state index in [1.807, 2.05) is 0 Å². The van der Waals surface area contributed by atoms with Crippen LogP contribution in [-0.4, -0.2) is 0 Å². The van der Waals surface area contributed by atoms with E-state index in [1.54, 1.807) is 0 Å². The van der Waals surface area contributed by atoms with E-state index in [0.29, 0.717) is 0 Å². The van der Waals surface area contributed by atoms with E-state index in [0.717, 1.165) is 89.1 Å². The Labute approximate surface area is 465 Å². The van der Waals surface area contributed by atoms with E-state index in [1.165, 1.54) is 54.9 Å². The number of ether oxygens (including phenoxy) is 2. The molecule has 0 unspecified atom stereocenters. The maximum atomic E-state index is 7.39. The van der Waals surface area contributed by atoms with Crippen molar-refractivity contribution < 1.29 is 9.47 Å². The highest BCUT2D eigenvalue weighted by molar-refractivity contribution is 6.26. The number of benzene rings is 14. The van der Waals surface area contributed by atoms with Gasteiger partial charge in [-0.05, 0) is 112 Å². The second-order valence-corrected chi connectivity index (χ2v) is 21.3. The average molecular weight is 1020 g/mol. The molecule has 0 bridgehead atoms. The van der Waals surface area contributed by atoms with Crippen molar-refractivity contribution in [2.24, 2.45) is 0 Å². The predicted octanol–water partition coefficient (Wildman–Crippen LogP) is 20.3. The fraction of sp³-hybridized carbons (Fsp3) is 0.0256. The summed E-state index contributed by atoms with van der Waals surface area (Å²) in [5.41, 5.74) is 14.4. The van der Waals surface area contributed by atoms with E-state index < -0.39 is 10.8 Å². The van der Waals surface area contributed by atoms with E-state index in [4.69, 9.17) is 9.47 Å². The molecule has 2 heterocycles. The molecule has 0 amide bonds. The first kappa shape index (κ1) is 45.9. The van der Waals surface area contributed by atoms with Crippen LogP contribution in [0.15, 0.2) is 303 Å². The SMILES string of the molecule is c1ccc(C2(c3ccccc3)c3ccccc3Oc3c(-c4cccc5c(-c6c7ccccc7cc7ccccc67)c6cccc(-c7cccc8c7Oc7ccccc7C8(c7ccccc7)c7ccccc7)c6cc45)cccc32)cc1. The Hall–Kier alpha value is -10.3. The van der Waals surface area contributed by atoms with Gasteiger partial charge < -0.3 is 9.47 Å². The Morgan fingerprint density at radius 3 is 0.950 bits per heavy atom. The molecule has 2 nitrogen and oxygen atoms in total. The Morgan fingerprint density at radius 1 is 0.212 bits per heavy atom. The monoisotopic (exact) mass is 1020 g/mol. The van der Waals surface area contributed by atoms with Gasteiger partial charge in [0.05, 0.1) is 10.8 Å². The summed E-state index contributed by atoms with van der Waals surface area (Å²) in [5, 5.41) is 9.37. The van der Waals surface area contributed by atoms with Crippen molar-refractivity contribution in [3.63, 3.8) is 0 Å². The van der Waals surface area contributed by atoms with Crippen molar-refractivity contribution in [2.75, 3.05) is 0 Å². The molecule has 0 atom stereocenters. The summed E-state index contributed by atoms with van der Waals surface area (Å²) in [6.45, 7) is 0. The molecule has 0 fully saturated rings. The van der Waals surface area contributed by atoms with Crippen LogP contribution in [0.4, 0.5) is 0 Å². The molecule has 2 aliphatic rings. The molecule has 0 spiro atoms. The Kier molecular flexibility index (Phi) is 10.4. The topological polar surface area (TPSA) is 18.5 Å². The molecular weight excluding hydrogens is 969 g/mol. The highest BCUT2D eigenvalue weighted by atomic mass is 16.5. The fourth-order valence-corrected chi connectivity index (χ4v) is 14.1. The van der Waals surface area contributed by atoms with E-state index in [2.05, 4.69) is 303 Å².